The van der Waals surface area contributed by atoms with E-state index < -0.39 is 75.2 Å². The highest BCUT2D eigenvalue weighted by atomic mass is 19.4. The van der Waals surface area contributed by atoms with Crippen LogP contribution in [-0.2, 0) is 18.7 Å². The third-order valence-corrected chi connectivity index (χ3v) is 6.32. The fraction of sp³-hybridized carbons (Fsp3) is 0.200. The molecule has 222 valence electrons. The molecule has 0 atom stereocenters. The number of ether oxygens (including phenoxy) is 1. The molecule has 0 saturated carbocycles. The van der Waals surface area contributed by atoms with E-state index in [0.717, 1.165) is 12.8 Å². The van der Waals surface area contributed by atoms with Gasteiger partial charge in [-0.05, 0) is 72.0 Å². The molecule has 4 aromatic carbocycles. The molecule has 0 amide bonds. The Morgan fingerprint density at radius 1 is 0.571 bits per heavy atom. The van der Waals surface area contributed by atoms with Gasteiger partial charge >= 0.3 is 12.3 Å². The first-order chi connectivity index (χ1) is 19.6. The molecular weight excluding hydrogens is 585 g/mol. The van der Waals surface area contributed by atoms with Gasteiger partial charge in [-0.25, -0.2) is 26.3 Å². The van der Waals surface area contributed by atoms with Crippen molar-refractivity contribution in [2.45, 2.75) is 38.5 Å². The molecular formula is C30H19F11O. The van der Waals surface area contributed by atoms with E-state index in [1.807, 2.05) is 6.92 Å². The summed E-state index contributed by atoms with van der Waals surface area (Å²) in [6, 6.07) is 6.97. The maximum atomic E-state index is 14.9. The third kappa shape index (κ3) is 6.37. The maximum Gasteiger partial charge on any atom is 0.432 e. The van der Waals surface area contributed by atoms with Crippen LogP contribution in [0.2, 0.25) is 0 Å². The van der Waals surface area contributed by atoms with E-state index in [-0.39, 0.29) is 29.3 Å². The van der Waals surface area contributed by atoms with Gasteiger partial charge in [0, 0.05) is 17.2 Å². The highest BCUT2D eigenvalue weighted by Crippen LogP contribution is 2.40. The van der Waals surface area contributed by atoms with Crippen LogP contribution in [0.4, 0.5) is 48.3 Å². The van der Waals surface area contributed by atoms with Crippen molar-refractivity contribution in [3.05, 3.63) is 112 Å². The predicted octanol–water partition coefficient (Wildman–Crippen LogP) is 10.3. The Bertz CT molecular complexity index is 1580. The number of alkyl halides is 5. The van der Waals surface area contributed by atoms with E-state index in [1.54, 1.807) is 6.07 Å². The summed E-state index contributed by atoms with van der Waals surface area (Å²) in [5.74, 6) is -10.9. The van der Waals surface area contributed by atoms with Crippen LogP contribution in [-0.4, -0.2) is 0 Å². The third-order valence-electron chi connectivity index (χ3n) is 6.32. The molecule has 0 aliphatic rings. The summed E-state index contributed by atoms with van der Waals surface area (Å²) >= 11 is 0. The molecule has 0 fully saturated rings. The summed E-state index contributed by atoms with van der Waals surface area (Å²) in [4.78, 5) is 0. The van der Waals surface area contributed by atoms with E-state index in [0.29, 0.717) is 36.2 Å². The van der Waals surface area contributed by atoms with E-state index >= 15 is 0 Å². The number of benzene rings is 4. The minimum Gasteiger partial charge on any atom is -0.429 e. The first-order valence-electron chi connectivity index (χ1n) is 12.3. The van der Waals surface area contributed by atoms with Crippen molar-refractivity contribution >= 4 is 0 Å². The number of halogens is 11. The summed E-state index contributed by atoms with van der Waals surface area (Å²) in [6.45, 7) is 1.94. The van der Waals surface area contributed by atoms with Crippen LogP contribution in [0.5, 0.6) is 5.75 Å². The molecule has 0 N–H and O–H groups in total. The largest absolute Gasteiger partial charge is 0.432 e. The molecule has 0 radical (unpaired) electrons. The zero-order valence-corrected chi connectivity index (χ0v) is 21.5. The average molecular weight is 604 g/mol. The Labute approximate surface area is 232 Å². The van der Waals surface area contributed by atoms with Gasteiger partial charge in [0.15, 0.2) is 0 Å². The van der Waals surface area contributed by atoms with Gasteiger partial charge in [0.1, 0.15) is 51.8 Å². The summed E-state index contributed by atoms with van der Waals surface area (Å²) in [6.07, 6.45) is -7.89. The summed E-state index contributed by atoms with van der Waals surface area (Å²) < 4.78 is 159. The Morgan fingerprint density at radius 3 is 1.50 bits per heavy atom. The van der Waals surface area contributed by atoms with Crippen LogP contribution < -0.4 is 4.74 Å². The molecule has 0 aliphatic carbocycles. The van der Waals surface area contributed by atoms with Crippen molar-refractivity contribution in [1.82, 2.24) is 0 Å². The second-order valence-corrected chi connectivity index (χ2v) is 9.31. The SMILES string of the molecule is CCCCc1ccc(-c2cc(F)c(C(F)(F)Oc3ccc(-c4cc(F)c(C(F)(F)F)c(F)c4)c(F)c3)c(F)c2)c(F)c1. The number of rotatable bonds is 8. The highest BCUT2D eigenvalue weighted by Gasteiger charge is 2.42. The zero-order valence-electron chi connectivity index (χ0n) is 21.5. The van der Waals surface area contributed by atoms with Crippen molar-refractivity contribution in [3.63, 3.8) is 0 Å². The van der Waals surface area contributed by atoms with Crippen molar-refractivity contribution in [1.29, 1.82) is 0 Å². The zero-order chi connectivity index (χ0) is 31.0. The van der Waals surface area contributed by atoms with Gasteiger partial charge < -0.3 is 4.74 Å². The summed E-state index contributed by atoms with van der Waals surface area (Å²) in [5, 5.41) is 0. The van der Waals surface area contributed by atoms with Crippen molar-refractivity contribution in [2.24, 2.45) is 0 Å². The number of hydrogen-bond donors (Lipinski definition) is 0. The lowest BCUT2D eigenvalue weighted by molar-refractivity contribution is -0.189. The average Bonchev–Trinajstić information content (AvgIpc) is 2.85. The molecule has 0 bridgehead atoms. The lowest BCUT2D eigenvalue weighted by Crippen LogP contribution is -2.25. The van der Waals surface area contributed by atoms with Crippen molar-refractivity contribution < 1.29 is 53.0 Å². The van der Waals surface area contributed by atoms with Gasteiger partial charge in [0.25, 0.3) is 0 Å². The molecule has 42 heavy (non-hydrogen) atoms. The van der Waals surface area contributed by atoms with E-state index in [9.17, 15) is 48.3 Å². The lowest BCUT2D eigenvalue weighted by Gasteiger charge is -2.20. The lowest BCUT2D eigenvalue weighted by atomic mass is 9.99. The minimum atomic E-state index is -5.37. The second-order valence-electron chi connectivity index (χ2n) is 9.31. The molecule has 0 heterocycles. The summed E-state index contributed by atoms with van der Waals surface area (Å²) in [5.41, 5.74) is -5.39. The predicted molar refractivity (Wildman–Crippen MR) is 132 cm³/mol. The Balaban J connectivity index is 1.61. The van der Waals surface area contributed by atoms with Crippen molar-refractivity contribution in [3.8, 4) is 28.0 Å². The Hall–Kier alpha value is -4.09. The standard InChI is InChI=1S/C30H19F11O/c1-2-3-4-15-5-7-19(21(31)9-15)17-12-25(35)28(26(36)13-17)30(40,41)42-18-6-8-20(22(32)14-18)16-10-23(33)27(24(34)11-16)29(37,38)39/h5-14H,2-4H2,1H3. The smallest absolute Gasteiger partial charge is 0.429 e. The first-order valence-corrected chi connectivity index (χ1v) is 12.3. The van der Waals surface area contributed by atoms with Gasteiger partial charge in [-0.1, -0.05) is 25.5 Å². The van der Waals surface area contributed by atoms with Crippen molar-refractivity contribution in [2.75, 3.05) is 0 Å². The van der Waals surface area contributed by atoms with Gasteiger partial charge in [-0.3, -0.25) is 0 Å². The Kier molecular flexibility index (Phi) is 8.56. The number of hydrogen-bond acceptors (Lipinski definition) is 1. The van der Waals surface area contributed by atoms with E-state index in [2.05, 4.69) is 4.74 Å². The Morgan fingerprint density at radius 2 is 1.05 bits per heavy atom. The monoisotopic (exact) mass is 604 g/mol. The maximum absolute atomic E-state index is 14.9. The van der Waals surface area contributed by atoms with Crippen LogP contribution in [0, 0.1) is 34.9 Å². The minimum absolute atomic E-state index is 0.202. The topological polar surface area (TPSA) is 9.23 Å². The van der Waals surface area contributed by atoms with Crippen LogP contribution in [0.3, 0.4) is 0 Å². The molecule has 0 unspecified atom stereocenters. The molecule has 4 rings (SSSR count). The van der Waals surface area contributed by atoms with Gasteiger partial charge in [0.05, 0.1) is 0 Å². The molecule has 0 saturated heterocycles. The molecule has 1 nitrogen and oxygen atoms in total. The molecule has 0 spiro atoms. The highest BCUT2D eigenvalue weighted by molar-refractivity contribution is 5.67. The quantitative estimate of drug-likeness (QED) is 0.182. The van der Waals surface area contributed by atoms with Crippen LogP contribution in [0.25, 0.3) is 22.3 Å². The number of aryl methyl sites for hydroxylation is 1. The fourth-order valence-electron chi connectivity index (χ4n) is 4.33. The second kappa shape index (κ2) is 11.7. The van der Waals surface area contributed by atoms with Crippen LogP contribution in [0.15, 0.2) is 60.7 Å². The van der Waals surface area contributed by atoms with E-state index in [1.165, 1.54) is 12.1 Å². The first kappa shape index (κ1) is 30.9. The molecule has 4 aromatic rings. The van der Waals surface area contributed by atoms with Crippen LogP contribution in [0.1, 0.15) is 36.5 Å². The fourth-order valence-corrected chi connectivity index (χ4v) is 4.33. The van der Waals surface area contributed by atoms with Crippen LogP contribution >= 0.6 is 0 Å². The molecule has 0 aromatic heterocycles. The van der Waals surface area contributed by atoms with Gasteiger partial charge in [-0.2, -0.15) is 22.0 Å². The normalized spacial score (nSPS) is 12.1. The van der Waals surface area contributed by atoms with Gasteiger partial charge in [0.2, 0.25) is 0 Å². The van der Waals surface area contributed by atoms with Gasteiger partial charge in [-0.15, -0.1) is 0 Å². The summed E-state index contributed by atoms with van der Waals surface area (Å²) in [7, 11) is 0. The molecule has 12 heteroatoms. The number of unbranched alkanes of at least 4 members (excludes halogenated alkanes) is 1. The molecule has 0 aliphatic heterocycles. The van der Waals surface area contributed by atoms with E-state index in [4.69, 9.17) is 0 Å².